The Balaban J connectivity index is 1.08. The number of rotatable bonds is 4. The molecule has 0 radical (unpaired) electrons. The Bertz CT molecular complexity index is 1010. The molecule has 1 aromatic carbocycles. The molecule has 0 spiro atoms. The highest BCUT2D eigenvalue weighted by Gasteiger charge is 2.72. The van der Waals surface area contributed by atoms with Gasteiger partial charge in [0.15, 0.2) is 6.10 Å². The molecule has 158 valence electrons. The maximum atomic E-state index is 12.9. The fourth-order valence-electron chi connectivity index (χ4n) is 5.77. The summed E-state index contributed by atoms with van der Waals surface area (Å²) < 4.78 is 12.0. The summed E-state index contributed by atoms with van der Waals surface area (Å²) in [6.07, 6.45) is 4.33. The lowest BCUT2D eigenvalue weighted by molar-refractivity contribution is -0.147. The van der Waals surface area contributed by atoms with Crippen molar-refractivity contribution in [2.75, 3.05) is 18.5 Å². The van der Waals surface area contributed by atoms with Gasteiger partial charge in [0, 0.05) is 23.5 Å². The summed E-state index contributed by atoms with van der Waals surface area (Å²) in [5, 5.41) is 12.5. The first-order chi connectivity index (χ1) is 14.3. The van der Waals surface area contributed by atoms with Crippen molar-refractivity contribution in [2.24, 2.45) is 5.92 Å². The monoisotopic (exact) mass is 428 g/mol. The zero-order chi connectivity index (χ0) is 20.7. The summed E-state index contributed by atoms with van der Waals surface area (Å²) in [5.41, 5.74) is 0.712. The van der Waals surface area contributed by atoms with E-state index in [9.17, 15) is 4.79 Å². The molecule has 2 heterocycles. The van der Waals surface area contributed by atoms with E-state index >= 15 is 0 Å². The van der Waals surface area contributed by atoms with Crippen LogP contribution in [0.4, 0.5) is 5.69 Å². The van der Waals surface area contributed by atoms with Crippen LogP contribution < -0.4 is 15.0 Å². The molecule has 2 aromatic rings. The molecule has 5 aliphatic rings. The Kier molecular flexibility index (Phi) is 3.77. The molecule has 1 aliphatic heterocycles. The number of carbonyl (C=O) groups excluding carboxylic acids is 1. The van der Waals surface area contributed by atoms with Crippen molar-refractivity contribution in [1.29, 1.82) is 0 Å². The molecule has 4 fully saturated rings. The Morgan fingerprint density at radius 3 is 2.77 bits per heavy atom. The topological polar surface area (TPSA) is 80.5 Å². The number of carbonyl (C=O) groups is 1. The van der Waals surface area contributed by atoms with Crippen molar-refractivity contribution in [3.05, 3.63) is 35.0 Å². The van der Waals surface area contributed by atoms with Gasteiger partial charge in [-0.05, 0) is 56.2 Å². The van der Waals surface area contributed by atoms with Gasteiger partial charge in [0.2, 0.25) is 11.8 Å². The molecule has 1 unspecified atom stereocenters. The van der Waals surface area contributed by atoms with Gasteiger partial charge < -0.3 is 19.4 Å². The van der Waals surface area contributed by atoms with E-state index in [1.54, 1.807) is 6.07 Å². The van der Waals surface area contributed by atoms with E-state index in [-0.39, 0.29) is 16.9 Å². The molecule has 7 rings (SSSR count). The average molecular weight is 429 g/mol. The van der Waals surface area contributed by atoms with Gasteiger partial charge in [-0.1, -0.05) is 18.5 Å². The third kappa shape index (κ3) is 2.67. The number of hydrogen-bond donors (Lipinski definition) is 1. The molecule has 4 aliphatic carbocycles. The second kappa shape index (κ2) is 6.13. The van der Waals surface area contributed by atoms with Crippen LogP contribution in [0.1, 0.15) is 56.7 Å². The molecule has 1 N–H and O–H groups in total. The standard InChI is InChI=1S/C22H25ClN4O3/c1-12-5-13(6-12)19-25-26-20(30-19)21-9-22(10-21,11-21)24-18(28)17-8-27(2)15-7-14(23)3-4-16(15)29-17/h3-4,7,12-13,17H,5-6,8-11H2,1-2H3,(H,24,28). The first kappa shape index (κ1) is 18.5. The Morgan fingerprint density at radius 1 is 1.27 bits per heavy atom. The number of halogens is 1. The lowest BCUT2D eigenvalue weighted by atomic mass is 9.39. The predicted molar refractivity (Wildman–Crippen MR) is 111 cm³/mol. The summed E-state index contributed by atoms with van der Waals surface area (Å²) in [5.74, 6) is 3.36. The van der Waals surface area contributed by atoms with Crippen LogP contribution in [-0.4, -0.2) is 41.3 Å². The summed E-state index contributed by atoms with van der Waals surface area (Å²) in [4.78, 5) is 14.9. The fraction of sp³-hybridized carbons (Fsp3) is 0.591. The minimum absolute atomic E-state index is 0.0402. The van der Waals surface area contributed by atoms with Crippen molar-refractivity contribution < 1.29 is 13.9 Å². The third-order valence-corrected chi connectivity index (χ3v) is 7.60. The van der Waals surface area contributed by atoms with Crippen LogP contribution in [0, 0.1) is 5.92 Å². The minimum atomic E-state index is -0.538. The first-order valence-corrected chi connectivity index (χ1v) is 11.1. The minimum Gasteiger partial charge on any atom is -0.477 e. The molecule has 2 bridgehead atoms. The molecule has 0 saturated heterocycles. The summed E-state index contributed by atoms with van der Waals surface area (Å²) in [7, 11) is 1.95. The second-order valence-corrected chi connectivity index (χ2v) is 10.3. The van der Waals surface area contributed by atoms with Gasteiger partial charge in [-0.15, -0.1) is 10.2 Å². The van der Waals surface area contributed by atoms with Gasteiger partial charge in [-0.25, -0.2) is 0 Å². The van der Waals surface area contributed by atoms with Crippen molar-refractivity contribution >= 4 is 23.2 Å². The van der Waals surface area contributed by atoms with Crippen LogP contribution in [0.15, 0.2) is 22.6 Å². The molecule has 1 atom stereocenters. The lowest BCUT2D eigenvalue weighted by Crippen LogP contribution is -2.77. The second-order valence-electron chi connectivity index (χ2n) is 9.90. The van der Waals surface area contributed by atoms with Gasteiger partial charge in [0.1, 0.15) is 5.75 Å². The van der Waals surface area contributed by atoms with Gasteiger partial charge in [-0.3, -0.25) is 4.79 Å². The molecule has 30 heavy (non-hydrogen) atoms. The molecular weight excluding hydrogens is 404 g/mol. The number of amides is 1. The molecule has 7 nitrogen and oxygen atoms in total. The lowest BCUT2D eigenvalue weighted by Gasteiger charge is -2.68. The number of aromatic nitrogens is 2. The Hall–Kier alpha value is -2.28. The van der Waals surface area contributed by atoms with Crippen LogP contribution in [0.25, 0.3) is 0 Å². The fourth-order valence-corrected chi connectivity index (χ4v) is 5.94. The smallest absolute Gasteiger partial charge is 0.263 e. The van der Waals surface area contributed by atoms with Crippen molar-refractivity contribution in [1.82, 2.24) is 15.5 Å². The number of anilines is 1. The highest BCUT2D eigenvalue weighted by molar-refractivity contribution is 6.31. The van der Waals surface area contributed by atoms with Gasteiger partial charge in [-0.2, -0.15) is 0 Å². The van der Waals surface area contributed by atoms with Crippen molar-refractivity contribution in [3.63, 3.8) is 0 Å². The van der Waals surface area contributed by atoms with E-state index in [0.717, 1.165) is 55.5 Å². The van der Waals surface area contributed by atoms with Gasteiger partial charge >= 0.3 is 0 Å². The number of hydrogen-bond acceptors (Lipinski definition) is 6. The predicted octanol–water partition coefficient (Wildman–Crippen LogP) is 3.42. The highest BCUT2D eigenvalue weighted by atomic mass is 35.5. The molecule has 4 saturated carbocycles. The van der Waals surface area contributed by atoms with Crippen LogP contribution >= 0.6 is 11.6 Å². The summed E-state index contributed by atoms with van der Waals surface area (Å²) in [6.45, 7) is 2.75. The maximum Gasteiger partial charge on any atom is 0.263 e. The number of nitrogens with one attached hydrogen (secondary N) is 1. The largest absolute Gasteiger partial charge is 0.477 e. The van der Waals surface area contributed by atoms with Crippen LogP contribution in [0.5, 0.6) is 5.75 Å². The zero-order valence-corrected chi connectivity index (χ0v) is 17.9. The van der Waals surface area contributed by atoms with Crippen molar-refractivity contribution in [3.8, 4) is 5.75 Å². The molecule has 8 heteroatoms. The Morgan fingerprint density at radius 2 is 2.03 bits per heavy atom. The van der Waals surface area contributed by atoms with E-state index in [1.165, 1.54) is 0 Å². The first-order valence-electron chi connectivity index (χ1n) is 10.7. The van der Waals surface area contributed by atoms with E-state index < -0.39 is 6.10 Å². The molecular formula is C22H25ClN4O3. The molecule has 1 amide bonds. The number of ether oxygens (including phenoxy) is 1. The molecule has 1 aromatic heterocycles. The maximum absolute atomic E-state index is 12.9. The SMILES string of the molecule is CC1CC(c2nnc(C34CC(NC(=O)C5CN(C)c6cc(Cl)ccc6O5)(C3)C4)o2)C1. The van der Waals surface area contributed by atoms with Gasteiger partial charge in [0.05, 0.1) is 17.6 Å². The van der Waals surface area contributed by atoms with E-state index in [0.29, 0.717) is 23.2 Å². The van der Waals surface area contributed by atoms with Crippen LogP contribution in [-0.2, 0) is 10.2 Å². The number of benzene rings is 1. The Labute approximate surface area is 180 Å². The van der Waals surface area contributed by atoms with Gasteiger partial charge in [0.25, 0.3) is 5.91 Å². The summed E-state index contributed by atoms with van der Waals surface area (Å²) in [6, 6.07) is 5.46. The number of fused-ring (bicyclic) bond motifs is 1. The van der Waals surface area contributed by atoms with Crippen molar-refractivity contribution in [2.45, 2.75) is 62.0 Å². The van der Waals surface area contributed by atoms with E-state index in [4.69, 9.17) is 20.8 Å². The number of likely N-dealkylation sites (N-methyl/N-ethyl adjacent to an activating group) is 1. The normalized spacial score (nSPS) is 36.0. The quantitative estimate of drug-likeness (QED) is 0.803. The van der Waals surface area contributed by atoms with E-state index in [2.05, 4.69) is 22.4 Å². The average Bonchev–Trinajstić information content (AvgIpc) is 3.10. The number of nitrogens with zero attached hydrogens (tertiary/aromatic N) is 3. The zero-order valence-electron chi connectivity index (χ0n) is 17.2. The van der Waals surface area contributed by atoms with Crippen LogP contribution in [0.3, 0.4) is 0 Å². The van der Waals surface area contributed by atoms with Crippen LogP contribution in [0.2, 0.25) is 5.02 Å². The third-order valence-electron chi connectivity index (χ3n) is 7.37. The van der Waals surface area contributed by atoms with E-state index in [1.807, 2.05) is 24.1 Å². The summed E-state index contributed by atoms with van der Waals surface area (Å²) >= 11 is 6.08. The highest BCUT2D eigenvalue weighted by Crippen LogP contribution is 2.67.